The Kier molecular flexibility index (Phi) is 5.78. The maximum atomic E-state index is 14.4. The Bertz CT molecular complexity index is 1400. The molecule has 1 aromatic heterocycles. The second-order valence-corrected chi connectivity index (χ2v) is 9.15. The predicted molar refractivity (Wildman–Crippen MR) is 129 cm³/mol. The Morgan fingerprint density at radius 2 is 1.78 bits per heavy atom. The molecule has 1 atom stereocenters. The Morgan fingerprint density at radius 1 is 1.06 bits per heavy atom. The lowest BCUT2D eigenvalue weighted by molar-refractivity contribution is -0.130. The zero-order valence-electron chi connectivity index (χ0n) is 20.3. The fourth-order valence-corrected chi connectivity index (χ4v) is 4.79. The summed E-state index contributed by atoms with van der Waals surface area (Å²) in [6.07, 6.45) is 0.740. The average molecular weight is 492 g/mol. The van der Waals surface area contributed by atoms with Gasteiger partial charge in [-0.3, -0.25) is 14.5 Å². The van der Waals surface area contributed by atoms with Crippen molar-refractivity contribution in [2.45, 2.75) is 32.7 Å². The van der Waals surface area contributed by atoms with Gasteiger partial charge in [0.2, 0.25) is 0 Å². The Hall–Kier alpha value is -4.14. The lowest BCUT2D eigenvalue weighted by Crippen LogP contribution is -2.41. The summed E-state index contributed by atoms with van der Waals surface area (Å²) < 4.78 is 27.5. The monoisotopic (exact) mass is 491 g/mol. The van der Waals surface area contributed by atoms with E-state index in [2.05, 4.69) is 5.32 Å². The van der Waals surface area contributed by atoms with Crippen molar-refractivity contribution in [3.8, 4) is 17.2 Å². The molecule has 1 fully saturated rings. The van der Waals surface area contributed by atoms with Crippen LogP contribution in [0.4, 0.5) is 9.18 Å². The van der Waals surface area contributed by atoms with Gasteiger partial charge in [-0.05, 0) is 56.7 Å². The van der Waals surface area contributed by atoms with Gasteiger partial charge in [-0.25, -0.2) is 9.18 Å². The van der Waals surface area contributed by atoms with E-state index in [4.69, 9.17) is 9.47 Å². The quantitative estimate of drug-likeness (QED) is 0.430. The highest BCUT2D eigenvalue weighted by atomic mass is 19.1. The number of halogens is 1. The number of urea groups is 1. The number of Topliss-reactive ketones (excluding diaryl/α,β-unsaturated/α-hetero) is 1. The second kappa shape index (κ2) is 8.82. The molecule has 2 aromatic carbocycles. The van der Waals surface area contributed by atoms with Gasteiger partial charge in [-0.15, -0.1) is 0 Å². The van der Waals surface area contributed by atoms with E-state index >= 15 is 0 Å². The van der Waals surface area contributed by atoms with Crippen LogP contribution in [0, 0.1) is 19.7 Å². The molecule has 1 unspecified atom stereocenters. The first-order valence-electron chi connectivity index (χ1n) is 11.7. The minimum absolute atomic E-state index is 0.320. The molecule has 1 saturated heterocycles. The number of carbonyl (C=O) groups is 3. The molecule has 2 aliphatic rings. The van der Waals surface area contributed by atoms with E-state index in [1.807, 2.05) is 0 Å². The van der Waals surface area contributed by atoms with Crippen molar-refractivity contribution in [3.05, 3.63) is 76.9 Å². The first-order chi connectivity index (χ1) is 17.2. The number of imide groups is 1. The van der Waals surface area contributed by atoms with Crippen molar-refractivity contribution in [1.82, 2.24) is 14.8 Å². The number of aryl methyl sites for hydroxylation is 1. The highest BCUT2D eigenvalue weighted by molar-refractivity contribution is 6.11. The van der Waals surface area contributed by atoms with Crippen molar-refractivity contribution in [2.75, 3.05) is 19.8 Å². The molecule has 2 aliphatic heterocycles. The molecule has 0 radical (unpaired) electrons. The largest absolute Gasteiger partial charge is 0.490 e. The van der Waals surface area contributed by atoms with E-state index in [1.165, 1.54) is 6.07 Å². The molecule has 3 heterocycles. The van der Waals surface area contributed by atoms with Crippen LogP contribution in [-0.4, -0.2) is 46.9 Å². The van der Waals surface area contributed by atoms with Crippen LogP contribution in [0.2, 0.25) is 0 Å². The lowest BCUT2D eigenvalue weighted by Gasteiger charge is -2.23. The van der Waals surface area contributed by atoms with Gasteiger partial charge in [-0.2, -0.15) is 0 Å². The van der Waals surface area contributed by atoms with E-state index in [0.29, 0.717) is 52.9 Å². The third-order valence-corrected chi connectivity index (χ3v) is 6.73. The summed E-state index contributed by atoms with van der Waals surface area (Å²) in [6.45, 7) is 5.66. The van der Waals surface area contributed by atoms with E-state index in [9.17, 15) is 18.8 Å². The number of para-hydroxylation sites is 1. The maximum Gasteiger partial charge on any atom is 0.325 e. The van der Waals surface area contributed by atoms with Gasteiger partial charge < -0.3 is 19.4 Å². The van der Waals surface area contributed by atoms with Crippen LogP contribution < -0.4 is 14.8 Å². The van der Waals surface area contributed by atoms with Gasteiger partial charge in [0.05, 0.1) is 25.4 Å². The molecule has 0 aliphatic carbocycles. The normalized spacial score (nSPS) is 19.3. The minimum Gasteiger partial charge on any atom is -0.490 e. The molecule has 186 valence electrons. The van der Waals surface area contributed by atoms with Crippen LogP contribution in [0.25, 0.3) is 5.69 Å². The first-order valence-corrected chi connectivity index (χ1v) is 11.7. The summed E-state index contributed by atoms with van der Waals surface area (Å²) in [5.41, 5.74) is 0.990. The molecule has 1 N–H and O–H groups in total. The van der Waals surface area contributed by atoms with E-state index < -0.39 is 35.6 Å². The molecule has 9 heteroatoms. The zero-order valence-corrected chi connectivity index (χ0v) is 20.3. The highest BCUT2D eigenvalue weighted by Crippen LogP contribution is 2.37. The van der Waals surface area contributed by atoms with Crippen LogP contribution in [-0.2, 0) is 10.3 Å². The molecule has 36 heavy (non-hydrogen) atoms. The summed E-state index contributed by atoms with van der Waals surface area (Å²) >= 11 is 0. The number of carbonyl (C=O) groups excluding carboxylic acids is 3. The third-order valence-electron chi connectivity index (χ3n) is 6.73. The summed E-state index contributed by atoms with van der Waals surface area (Å²) in [4.78, 5) is 40.4. The van der Waals surface area contributed by atoms with Gasteiger partial charge in [-0.1, -0.05) is 18.2 Å². The number of amides is 3. The molecule has 0 bridgehead atoms. The smallest absolute Gasteiger partial charge is 0.325 e. The number of hydrogen-bond donors (Lipinski definition) is 1. The van der Waals surface area contributed by atoms with Gasteiger partial charge in [0.15, 0.2) is 17.3 Å². The summed E-state index contributed by atoms with van der Waals surface area (Å²) in [7, 11) is 0. The number of aromatic nitrogens is 1. The fourth-order valence-electron chi connectivity index (χ4n) is 4.79. The molecular weight excluding hydrogens is 465 g/mol. The van der Waals surface area contributed by atoms with E-state index in [0.717, 1.165) is 11.3 Å². The number of hydrogen-bond acceptors (Lipinski definition) is 5. The van der Waals surface area contributed by atoms with Crippen molar-refractivity contribution in [3.63, 3.8) is 0 Å². The van der Waals surface area contributed by atoms with Crippen molar-refractivity contribution in [1.29, 1.82) is 0 Å². The second-order valence-electron chi connectivity index (χ2n) is 9.15. The number of fused-ring (bicyclic) bond motifs is 1. The number of ketones is 1. The Balaban J connectivity index is 1.41. The SMILES string of the molecule is Cc1cc(C(=O)CN2C(=O)NC(C)(c3ccc4c(c3)OCCCO4)C2=O)c(C)n1-c1ccccc1F. The van der Waals surface area contributed by atoms with Crippen molar-refractivity contribution < 1.29 is 28.2 Å². The number of rotatable bonds is 5. The number of nitrogens with zero attached hydrogens (tertiary/aromatic N) is 2. The van der Waals surface area contributed by atoms with Gasteiger partial charge in [0, 0.05) is 23.4 Å². The standard InChI is InChI=1S/C27H26FN3O5/c1-16-13-19(17(2)31(16)21-8-5-4-7-20(21)28)22(32)15-30-25(33)27(3,29-26(30)34)18-9-10-23-24(14-18)36-12-6-11-35-23/h4-5,7-10,13-14H,6,11-12,15H2,1-3H3,(H,29,34). The van der Waals surface area contributed by atoms with E-state index in [-0.39, 0.29) is 0 Å². The lowest BCUT2D eigenvalue weighted by atomic mass is 9.91. The Morgan fingerprint density at radius 3 is 2.53 bits per heavy atom. The predicted octanol–water partition coefficient (Wildman–Crippen LogP) is 4.04. The molecule has 8 nitrogen and oxygen atoms in total. The molecular formula is C27H26FN3O5. The first kappa shape index (κ1) is 23.6. The minimum atomic E-state index is -1.37. The zero-order chi connectivity index (χ0) is 25.6. The van der Waals surface area contributed by atoms with Crippen molar-refractivity contribution in [2.24, 2.45) is 0 Å². The molecule has 0 saturated carbocycles. The van der Waals surface area contributed by atoms with Crippen LogP contribution >= 0.6 is 0 Å². The summed E-state index contributed by atoms with van der Waals surface area (Å²) in [6, 6.07) is 12.4. The molecule has 3 amide bonds. The molecule has 5 rings (SSSR count). The fraction of sp³-hybridized carbons (Fsp3) is 0.296. The van der Waals surface area contributed by atoms with Crippen LogP contribution in [0.15, 0.2) is 48.5 Å². The van der Waals surface area contributed by atoms with Crippen LogP contribution in [0.3, 0.4) is 0 Å². The van der Waals surface area contributed by atoms with Gasteiger partial charge in [0.25, 0.3) is 5.91 Å². The number of ether oxygens (including phenoxy) is 2. The maximum absolute atomic E-state index is 14.4. The Labute approximate surface area is 207 Å². The summed E-state index contributed by atoms with van der Waals surface area (Å²) in [5, 5.41) is 2.72. The third kappa shape index (κ3) is 3.80. The molecule has 0 spiro atoms. The summed E-state index contributed by atoms with van der Waals surface area (Å²) in [5.74, 6) is -0.300. The van der Waals surface area contributed by atoms with Crippen molar-refractivity contribution >= 4 is 17.7 Å². The van der Waals surface area contributed by atoms with Crippen LogP contribution in [0.5, 0.6) is 11.5 Å². The number of benzene rings is 2. The number of nitrogens with one attached hydrogen (secondary N) is 1. The average Bonchev–Trinajstić information content (AvgIpc) is 3.13. The van der Waals surface area contributed by atoms with Gasteiger partial charge >= 0.3 is 6.03 Å². The highest BCUT2D eigenvalue weighted by Gasteiger charge is 2.50. The van der Waals surface area contributed by atoms with Crippen LogP contribution in [0.1, 0.15) is 40.7 Å². The topological polar surface area (TPSA) is 89.9 Å². The van der Waals surface area contributed by atoms with E-state index in [1.54, 1.807) is 67.8 Å². The van der Waals surface area contributed by atoms with Gasteiger partial charge in [0.1, 0.15) is 11.4 Å². The molecule has 3 aromatic rings.